The number of hydrogen-bond acceptors (Lipinski definition) is 4. The summed E-state index contributed by atoms with van der Waals surface area (Å²) in [4.78, 5) is 2.11. The molecule has 0 spiro atoms. The van der Waals surface area contributed by atoms with Crippen LogP contribution in [0.5, 0.6) is 0 Å². The Morgan fingerprint density at radius 2 is 1.79 bits per heavy atom. The van der Waals surface area contributed by atoms with Crippen molar-refractivity contribution in [3.63, 3.8) is 0 Å². The van der Waals surface area contributed by atoms with Crippen LogP contribution in [0.25, 0.3) is 6.08 Å². The first-order chi connectivity index (χ1) is 13.4. The average molecular weight is 421 g/mol. The quantitative estimate of drug-likeness (QED) is 0.202. The van der Waals surface area contributed by atoms with Gasteiger partial charge in [-0.25, -0.2) is 0 Å². The van der Waals surface area contributed by atoms with Gasteiger partial charge >= 0.3 is 0 Å². The molecule has 0 bridgehead atoms. The van der Waals surface area contributed by atoms with Crippen LogP contribution in [0, 0.1) is 0 Å². The van der Waals surface area contributed by atoms with Gasteiger partial charge in [0.2, 0.25) is 0 Å². The zero-order valence-corrected chi connectivity index (χ0v) is 20.1. The van der Waals surface area contributed by atoms with Gasteiger partial charge in [0, 0.05) is 25.5 Å². The summed E-state index contributed by atoms with van der Waals surface area (Å²) in [6, 6.07) is 8.59. The Bertz CT molecular complexity index is 632. The van der Waals surface area contributed by atoms with Gasteiger partial charge in [0.05, 0.1) is 39.5 Å². The van der Waals surface area contributed by atoms with Gasteiger partial charge < -0.3 is 14.7 Å². The van der Waals surface area contributed by atoms with Gasteiger partial charge in [0.25, 0.3) is 0 Å². The van der Waals surface area contributed by atoms with Crippen molar-refractivity contribution >= 4 is 33.4 Å². The molecular weight excluding hydrogens is 382 g/mol. The van der Waals surface area contributed by atoms with Crippen molar-refractivity contribution in [2.24, 2.45) is 0 Å². The molecule has 1 N–H and O–H groups in total. The molecule has 0 radical (unpaired) electrons. The molecular formula is C23H38N3S2+. The lowest BCUT2D eigenvalue weighted by molar-refractivity contribution is -0.886. The van der Waals surface area contributed by atoms with Gasteiger partial charge in [-0.15, -0.1) is 0 Å². The van der Waals surface area contributed by atoms with Crippen LogP contribution < -0.4 is 10.2 Å². The first kappa shape index (κ1) is 24.7. The van der Waals surface area contributed by atoms with Crippen LogP contribution in [0.15, 0.2) is 54.3 Å². The molecule has 0 saturated heterocycles. The van der Waals surface area contributed by atoms with Crippen LogP contribution in [-0.2, 0) is 0 Å². The Balaban J connectivity index is 2.39. The molecule has 0 aromatic heterocycles. The van der Waals surface area contributed by atoms with Gasteiger partial charge in [-0.2, -0.15) is 0 Å². The molecule has 5 heteroatoms. The van der Waals surface area contributed by atoms with E-state index in [1.165, 1.54) is 34.9 Å². The zero-order chi connectivity index (χ0) is 20.8. The maximum Gasteiger partial charge on any atom is 0.0958 e. The van der Waals surface area contributed by atoms with Gasteiger partial charge in [-0.3, -0.25) is 0 Å². The largest absolute Gasteiger partial charge is 0.385 e. The fourth-order valence-corrected chi connectivity index (χ4v) is 4.40. The summed E-state index contributed by atoms with van der Waals surface area (Å²) < 4.78 is 1.05. The molecule has 1 rings (SSSR count). The Morgan fingerprint density at radius 3 is 2.39 bits per heavy atom. The van der Waals surface area contributed by atoms with Gasteiger partial charge in [-0.05, 0) is 42.5 Å². The number of likely N-dealkylation sites (N-methyl/N-ethyl adjacent to an activating group) is 1. The van der Waals surface area contributed by atoms with Crippen LogP contribution in [0.2, 0.25) is 0 Å². The number of anilines is 1. The van der Waals surface area contributed by atoms with Gasteiger partial charge in [0.1, 0.15) is 0 Å². The third kappa shape index (κ3) is 10.9. The Kier molecular flexibility index (Phi) is 12.2. The molecule has 0 aliphatic rings. The van der Waals surface area contributed by atoms with E-state index >= 15 is 0 Å². The lowest BCUT2D eigenvalue weighted by Gasteiger charge is -2.29. The molecule has 1 aromatic carbocycles. The van der Waals surface area contributed by atoms with Crippen molar-refractivity contribution < 1.29 is 4.48 Å². The normalized spacial score (nSPS) is 12.9. The standard InChI is InChI=1S/C23H38N3S2/c1-7-21(9-10-22-11-13-23(14-12-22)25(3)4)15-16-24-17-18-26(5,6)19-20-28-27-8-2/h7,9-16,24H,8,17-20H2,1-6H3/q+1/b10-9+,16-15-,21-7-. The molecule has 1 aromatic rings. The molecule has 156 valence electrons. The summed E-state index contributed by atoms with van der Waals surface area (Å²) in [5.41, 5.74) is 3.63. The minimum Gasteiger partial charge on any atom is -0.385 e. The maximum absolute atomic E-state index is 3.44. The summed E-state index contributed by atoms with van der Waals surface area (Å²) in [7, 11) is 12.7. The third-order valence-corrected chi connectivity index (χ3v) is 6.91. The highest BCUT2D eigenvalue weighted by Gasteiger charge is 2.13. The summed E-state index contributed by atoms with van der Waals surface area (Å²) in [5, 5.41) is 3.44. The molecule has 3 nitrogen and oxygen atoms in total. The number of benzene rings is 1. The molecule has 0 heterocycles. The number of quaternary nitrogens is 1. The Labute approximate surface area is 180 Å². The van der Waals surface area contributed by atoms with E-state index in [0.29, 0.717) is 0 Å². The highest BCUT2D eigenvalue weighted by atomic mass is 33.1. The van der Waals surface area contributed by atoms with Crippen molar-refractivity contribution in [3.05, 3.63) is 59.8 Å². The smallest absolute Gasteiger partial charge is 0.0958 e. The minimum atomic E-state index is 0.988. The zero-order valence-electron chi connectivity index (χ0n) is 18.4. The SMILES string of the molecule is C/C=C(\C=C/NCC[N+](C)(C)CCSSCC)/C=C/c1ccc(N(C)C)cc1. The molecule has 0 unspecified atom stereocenters. The number of nitrogens with one attached hydrogen (secondary N) is 1. The van der Waals surface area contributed by atoms with Crippen LogP contribution in [-0.4, -0.2) is 63.8 Å². The molecule has 0 aliphatic heterocycles. The van der Waals surface area contributed by atoms with Crippen molar-refractivity contribution in [2.75, 3.05) is 64.2 Å². The van der Waals surface area contributed by atoms with E-state index in [1.807, 2.05) is 21.6 Å². The van der Waals surface area contributed by atoms with Crippen LogP contribution in [0.3, 0.4) is 0 Å². The van der Waals surface area contributed by atoms with Crippen LogP contribution in [0.4, 0.5) is 5.69 Å². The predicted molar refractivity (Wildman–Crippen MR) is 133 cm³/mol. The molecule has 0 amide bonds. The number of rotatable bonds is 13. The van der Waals surface area contributed by atoms with E-state index in [0.717, 1.165) is 17.6 Å². The monoisotopic (exact) mass is 420 g/mol. The molecule has 0 aliphatic carbocycles. The van der Waals surface area contributed by atoms with E-state index in [4.69, 9.17) is 0 Å². The van der Waals surface area contributed by atoms with Crippen molar-refractivity contribution in [1.82, 2.24) is 5.32 Å². The number of nitrogens with zero attached hydrogens (tertiary/aromatic N) is 2. The third-order valence-electron chi connectivity index (χ3n) is 4.45. The lowest BCUT2D eigenvalue weighted by Crippen LogP contribution is -2.45. The highest BCUT2D eigenvalue weighted by molar-refractivity contribution is 8.76. The minimum absolute atomic E-state index is 0.988. The highest BCUT2D eigenvalue weighted by Crippen LogP contribution is 2.20. The maximum atomic E-state index is 3.44. The van der Waals surface area contributed by atoms with Crippen LogP contribution in [0.1, 0.15) is 19.4 Å². The van der Waals surface area contributed by atoms with Gasteiger partial charge in [0.15, 0.2) is 0 Å². The fourth-order valence-electron chi connectivity index (χ4n) is 2.47. The molecule has 28 heavy (non-hydrogen) atoms. The van der Waals surface area contributed by atoms with E-state index in [9.17, 15) is 0 Å². The van der Waals surface area contributed by atoms with Crippen molar-refractivity contribution in [2.45, 2.75) is 13.8 Å². The molecule has 0 saturated carbocycles. The molecule has 0 fully saturated rings. The van der Waals surface area contributed by atoms with E-state index < -0.39 is 0 Å². The number of hydrogen-bond donors (Lipinski definition) is 1. The fraction of sp³-hybridized carbons (Fsp3) is 0.478. The van der Waals surface area contributed by atoms with Crippen molar-refractivity contribution in [1.29, 1.82) is 0 Å². The second-order valence-corrected chi connectivity index (χ2v) is 10.4. The number of allylic oxidation sites excluding steroid dienone is 4. The average Bonchev–Trinajstić information content (AvgIpc) is 2.67. The lowest BCUT2D eigenvalue weighted by atomic mass is 10.1. The predicted octanol–water partition coefficient (Wildman–Crippen LogP) is 5.29. The molecule has 0 atom stereocenters. The van der Waals surface area contributed by atoms with E-state index in [-0.39, 0.29) is 0 Å². The Hall–Kier alpha value is -1.30. The first-order valence-electron chi connectivity index (χ1n) is 9.96. The van der Waals surface area contributed by atoms with Gasteiger partial charge in [-0.1, -0.05) is 58.9 Å². The summed E-state index contributed by atoms with van der Waals surface area (Å²) in [5.74, 6) is 2.40. The van der Waals surface area contributed by atoms with Crippen molar-refractivity contribution in [3.8, 4) is 0 Å². The van der Waals surface area contributed by atoms with E-state index in [1.54, 1.807) is 0 Å². The summed E-state index contributed by atoms with van der Waals surface area (Å²) in [6.45, 7) is 7.61. The second-order valence-electron chi connectivity index (χ2n) is 7.51. The first-order valence-corrected chi connectivity index (χ1v) is 12.4. The topological polar surface area (TPSA) is 15.3 Å². The Morgan fingerprint density at radius 1 is 1.07 bits per heavy atom. The van der Waals surface area contributed by atoms with Crippen LogP contribution >= 0.6 is 21.6 Å². The summed E-state index contributed by atoms with van der Waals surface area (Å²) >= 11 is 0. The summed E-state index contributed by atoms with van der Waals surface area (Å²) in [6.07, 6.45) is 10.6. The second kappa shape index (κ2) is 13.8. The van der Waals surface area contributed by atoms with E-state index in [2.05, 4.69) is 107 Å².